The Labute approximate surface area is 94.5 Å². The Hall–Kier alpha value is -1.62. The van der Waals surface area contributed by atoms with Crippen LogP contribution in [-0.2, 0) is 19.6 Å². The van der Waals surface area contributed by atoms with Gasteiger partial charge in [-0.15, -0.1) is 0 Å². The second-order valence-corrected chi connectivity index (χ2v) is 3.62. The average Bonchev–Trinajstić information content (AvgIpc) is 2.87. The molecule has 0 atom stereocenters. The van der Waals surface area contributed by atoms with Gasteiger partial charge in [0.25, 0.3) is 0 Å². The van der Waals surface area contributed by atoms with Gasteiger partial charge in [0.05, 0.1) is 6.54 Å². The van der Waals surface area contributed by atoms with Gasteiger partial charge >= 0.3 is 0 Å². The lowest BCUT2D eigenvalue weighted by atomic mass is 10.4. The molecule has 0 spiro atoms. The van der Waals surface area contributed by atoms with Crippen molar-refractivity contribution in [3.8, 4) is 0 Å². The summed E-state index contributed by atoms with van der Waals surface area (Å²) in [6.45, 7) is 6.35. The van der Waals surface area contributed by atoms with Crippen molar-refractivity contribution in [2.45, 2.75) is 33.5 Å². The Kier molecular flexibility index (Phi) is 3.36. The average molecular weight is 220 g/mol. The van der Waals surface area contributed by atoms with Crippen LogP contribution in [0.25, 0.3) is 0 Å². The highest BCUT2D eigenvalue weighted by Crippen LogP contribution is 2.02. The first-order chi connectivity index (χ1) is 7.79. The van der Waals surface area contributed by atoms with Crippen molar-refractivity contribution in [1.82, 2.24) is 20.0 Å². The first-order valence-corrected chi connectivity index (χ1v) is 5.43. The van der Waals surface area contributed by atoms with Gasteiger partial charge < -0.3 is 14.4 Å². The van der Waals surface area contributed by atoms with Gasteiger partial charge in [-0.05, 0) is 26.0 Å². The number of nitrogens with one attached hydrogen (secondary N) is 1. The predicted molar refractivity (Wildman–Crippen MR) is 59.7 cm³/mol. The quantitative estimate of drug-likeness (QED) is 0.829. The zero-order chi connectivity index (χ0) is 11.4. The van der Waals surface area contributed by atoms with Crippen LogP contribution < -0.4 is 5.32 Å². The molecule has 0 saturated heterocycles. The van der Waals surface area contributed by atoms with Crippen LogP contribution in [0.4, 0.5) is 0 Å². The Morgan fingerprint density at radius 2 is 2.31 bits per heavy atom. The van der Waals surface area contributed by atoms with Gasteiger partial charge in [0.15, 0.2) is 5.82 Å². The highest BCUT2D eigenvalue weighted by atomic mass is 16.5. The third-order valence-electron chi connectivity index (χ3n) is 2.42. The molecule has 86 valence electrons. The molecule has 0 aliphatic rings. The van der Waals surface area contributed by atoms with E-state index in [1.807, 2.05) is 6.92 Å². The Morgan fingerprint density at radius 1 is 1.44 bits per heavy atom. The first kappa shape index (κ1) is 10.9. The monoisotopic (exact) mass is 220 g/mol. The summed E-state index contributed by atoms with van der Waals surface area (Å²) in [5.74, 6) is 1.31. The van der Waals surface area contributed by atoms with Gasteiger partial charge in [0.1, 0.15) is 0 Å². The van der Waals surface area contributed by atoms with Crippen LogP contribution >= 0.6 is 0 Å². The molecule has 0 aliphatic heterocycles. The zero-order valence-corrected chi connectivity index (χ0v) is 9.60. The standard InChI is InChI=1S/C11H16N4O/c1-3-15-6-4-5-10(15)7-12-8-11-13-9(2)14-16-11/h4-6,12H,3,7-8H2,1-2H3. The minimum absolute atomic E-state index is 0.607. The molecular weight excluding hydrogens is 204 g/mol. The van der Waals surface area contributed by atoms with Gasteiger partial charge in [0.2, 0.25) is 5.89 Å². The first-order valence-electron chi connectivity index (χ1n) is 5.43. The molecule has 0 fully saturated rings. The van der Waals surface area contributed by atoms with Crippen molar-refractivity contribution in [3.05, 3.63) is 35.7 Å². The van der Waals surface area contributed by atoms with Crippen LogP contribution in [0.2, 0.25) is 0 Å². The third-order valence-corrected chi connectivity index (χ3v) is 2.42. The van der Waals surface area contributed by atoms with E-state index in [4.69, 9.17) is 4.52 Å². The number of aryl methyl sites for hydroxylation is 2. The normalized spacial score (nSPS) is 10.9. The molecular formula is C11H16N4O. The van der Waals surface area contributed by atoms with E-state index in [0.717, 1.165) is 13.1 Å². The molecule has 1 N–H and O–H groups in total. The number of hydrogen-bond donors (Lipinski definition) is 1. The fourth-order valence-corrected chi connectivity index (χ4v) is 1.63. The molecule has 0 radical (unpaired) electrons. The van der Waals surface area contributed by atoms with Crippen molar-refractivity contribution in [1.29, 1.82) is 0 Å². The lowest BCUT2D eigenvalue weighted by Crippen LogP contribution is -2.15. The van der Waals surface area contributed by atoms with Crippen LogP contribution in [-0.4, -0.2) is 14.7 Å². The molecule has 0 bridgehead atoms. The van der Waals surface area contributed by atoms with Crippen LogP contribution in [0, 0.1) is 6.92 Å². The van der Waals surface area contributed by atoms with E-state index < -0.39 is 0 Å². The van der Waals surface area contributed by atoms with Gasteiger partial charge in [0, 0.05) is 25.0 Å². The summed E-state index contributed by atoms with van der Waals surface area (Å²) in [5, 5.41) is 7.01. The van der Waals surface area contributed by atoms with Gasteiger partial charge in [-0.1, -0.05) is 5.16 Å². The van der Waals surface area contributed by atoms with E-state index >= 15 is 0 Å². The highest BCUT2D eigenvalue weighted by Gasteiger charge is 2.03. The van der Waals surface area contributed by atoms with Crippen LogP contribution in [0.5, 0.6) is 0 Å². The molecule has 5 nitrogen and oxygen atoms in total. The summed E-state index contributed by atoms with van der Waals surface area (Å²) in [6, 6.07) is 4.16. The SMILES string of the molecule is CCn1cccc1CNCc1nc(C)no1. The van der Waals surface area contributed by atoms with Crippen molar-refractivity contribution >= 4 is 0 Å². The number of hydrogen-bond acceptors (Lipinski definition) is 4. The van der Waals surface area contributed by atoms with Crippen molar-refractivity contribution in [3.63, 3.8) is 0 Å². The fourth-order valence-electron chi connectivity index (χ4n) is 1.63. The van der Waals surface area contributed by atoms with Gasteiger partial charge in [-0.3, -0.25) is 0 Å². The maximum atomic E-state index is 5.01. The minimum atomic E-state index is 0.607. The Balaban J connectivity index is 1.84. The number of rotatable bonds is 5. The summed E-state index contributed by atoms with van der Waals surface area (Å²) in [6.07, 6.45) is 2.08. The number of nitrogens with zero attached hydrogens (tertiary/aromatic N) is 3. The molecule has 2 aromatic rings. The molecule has 5 heteroatoms. The fraction of sp³-hybridized carbons (Fsp3) is 0.455. The Morgan fingerprint density at radius 3 is 3.00 bits per heavy atom. The smallest absolute Gasteiger partial charge is 0.240 e. The molecule has 0 amide bonds. The Bertz CT molecular complexity index is 446. The molecule has 0 aliphatic carbocycles. The molecule has 16 heavy (non-hydrogen) atoms. The van der Waals surface area contributed by atoms with E-state index in [2.05, 4.69) is 45.3 Å². The molecule has 2 aromatic heterocycles. The van der Waals surface area contributed by atoms with Crippen LogP contribution in [0.1, 0.15) is 24.3 Å². The minimum Gasteiger partial charge on any atom is -0.351 e. The highest BCUT2D eigenvalue weighted by molar-refractivity contribution is 5.06. The molecule has 0 unspecified atom stereocenters. The second kappa shape index (κ2) is 4.94. The summed E-state index contributed by atoms with van der Waals surface area (Å²) < 4.78 is 7.21. The van der Waals surface area contributed by atoms with Crippen molar-refractivity contribution in [2.24, 2.45) is 0 Å². The maximum absolute atomic E-state index is 5.01. The van der Waals surface area contributed by atoms with Crippen LogP contribution in [0.3, 0.4) is 0 Å². The molecule has 0 aromatic carbocycles. The van der Waals surface area contributed by atoms with E-state index in [9.17, 15) is 0 Å². The molecule has 0 saturated carbocycles. The maximum Gasteiger partial charge on any atom is 0.240 e. The van der Waals surface area contributed by atoms with E-state index in [1.165, 1.54) is 5.69 Å². The largest absolute Gasteiger partial charge is 0.351 e. The van der Waals surface area contributed by atoms with E-state index in [1.54, 1.807) is 0 Å². The summed E-state index contributed by atoms with van der Waals surface area (Å²) >= 11 is 0. The summed E-state index contributed by atoms with van der Waals surface area (Å²) in [7, 11) is 0. The summed E-state index contributed by atoms with van der Waals surface area (Å²) in [5.41, 5.74) is 1.26. The number of aromatic nitrogens is 3. The zero-order valence-electron chi connectivity index (χ0n) is 9.60. The topological polar surface area (TPSA) is 55.9 Å². The lowest BCUT2D eigenvalue weighted by molar-refractivity contribution is 0.363. The summed E-state index contributed by atoms with van der Waals surface area (Å²) in [4.78, 5) is 4.13. The van der Waals surface area contributed by atoms with Crippen molar-refractivity contribution < 1.29 is 4.52 Å². The van der Waals surface area contributed by atoms with Gasteiger partial charge in [-0.2, -0.15) is 4.98 Å². The molecule has 2 heterocycles. The van der Waals surface area contributed by atoms with E-state index in [-0.39, 0.29) is 0 Å². The predicted octanol–water partition coefficient (Wildman–Crippen LogP) is 1.49. The lowest BCUT2D eigenvalue weighted by Gasteiger charge is -2.06. The third kappa shape index (κ3) is 2.49. The van der Waals surface area contributed by atoms with Crippen molar-refractivity contribution in [2.75, 3.05) is 0 Å². The second-order valence-electron chi connectivity index (χ2n) is 3.62. The molecule has 2 rings (SSSR count). The van der Waals surface area contributed by atoms with Gasteiger partial charge in [-0.25, -0.2) is 0 Å². The van der Waals surface area contributed by atoms with E-state index in [0.29, 0.717) is 18.3 Å². The van der Waals surface area contributed by atoms with Crippen LogP contribution in [0.15, 0.2) is 22.9 Å².